The number of fused-ring (bicyclic) bond motifs is 1. The molecule has 0 aliphatic rings. The molecule has 0 saturated carbocycles. The summed E-state index contributed by atoms with van der Waals surface area (Å²) in [5.41, 5.74) is 6.98. The molecule has 0 fully saturated rings. The Hall–Kier alpha value is -3.09. The maximum Gasteiger partial charge on any atom is 0.319 e. The first-order chi connectivity index (χ1) is 12.8. The molecular formula is C20H24FN5O. The van der Waals surface area contributed by atoms with Crippen LogP contribution in [0.3, 0.4) is 0 Å². The van der Waals surface area contributed by atoms with Crippen LogP contribution in [0, 0.1) is 33.5 Å². The summed E-state index contributed by atoms with van der Waals surface area (Å²) in [5.74, 6) is -0.229. The van der Waals surface area contributed by atoms with Crippen LogP contribution in [0.5, 0.6) is 0 Å². The molecule has 2 heterocycles. The SMILES string of the molecule is CNC(=O)Nc1cc(NCc2c(C)cc(F)cc2C)c2nc(C)c(C)n2c1. The summed E-state index contributed by atoms with van der Waals surface area (Å²) in [6.45, 7) is 8.26. The molecular weight excluding hydrogens is 345 g/mol. The lowest BCUT2D eigenvalue weighted by molar-refractivity contribution is 0.254. The van der Waals surface area contributed by atoms with Crippen LogP contribution in [0.1, 0.15) is 28.1 Å². The number of aromatic nitrogens is 2. The molecule has 0 spiro atoms. The first-order valence-corrected chi connectivity index (χ1v) is 8.77. The fraction of sp³-hybridized carbons (Fsp3) is 0.300. The van der Waals surface area contributed by atoms with Crippen molar-refractivity contribution >= 4 is 23.1 Å². The minimum atomic E-state index is -0.292. The smallest absolute Gasteiger partial charge is 0.319 e. The van der Waals surface area contributed by atoms with Crippen LogP contribution < -0.4 is 16.0 Å². The lowest BCUT2D eigenvalue weighted by Gasteiger charge is -2.15. The number of nitrogens with zero attached hydrogens (tertiary/aromatic N) is 2. The number of anilines is 2. The topological polar surface area (TPSA) is 70.5 Å². The number of rotatable bonds is 4. The third kappa shape index (κ3) is 3.72. The lowest BCUT2D eigenvalue weighted by Crippen LogP contribution is -2.24. The van der Waals surface area contributed by atoms with Crippen LogP contribution in [0.15, 0.2) is 24.4 Å². The van der Waals surface area contributed by atoms with Crippen molar-refractivity contribution in [3.63, 3.8) is 0 Å². The van der Waals surface area contributed by atoms with Gasteiger partial charge in [0, 0.05) is 25.5 Å². The van der Waals surface area contributed by atoms with Gasteiger partial charge in [-0.25, -0.2) is 14.2 Å². The first kappa shape index (κ1) is 18.7. The minimum absolute atomic E-state index is 0.229. The molecule has 0 radical (unpaired) electrons. The Morgan fingerprint density at radius 2 is 1.81 bits per heavy atom. The molecule has 0 unspecified atom stereocenters. The van der Waals surface area contributed by atoms with Crippen molar-refractivity contribution in [1.82, 2.24) is 14.7 Å². The number of imidazole rings is 1. The first-order valence-electron chi connectivity index (χ1n) is 8.77. The predicted octanol–water partition coefficient (Wildman–Crippen LogP) is 4.07. The maximum atomic E-state index is 13.6. The van der Waals surface area contributed by atoms with Crippen molar-refractivity contribution in [2.45, 2.75) is 34.2 Å². The van der Waals surface area contributed by atoms with Gasteiger partial charge in [-0.05, 0) is 62.6 Å². The highest BCUT2D eigenvalue weighted by molar-refractivity contribution is 5.90. The van der Waals surface area contributed by atoms with E-state index >= 15 is 0 Å². The summed E-state index contributed by atoms with van der Waals surface area (Å²) in [5, 5.41) is 8.75. The van der Waals surface area contributed by atoms with Crippen molar-refractivity contribution in [3.05, 3.63) is 58.3 Å². The molecule has 0 bridgehead atoms. The van der Waals surface area contributed by atoms with Gasteiger partial charge in [-0.3, -0.25) is 0 Å². The number of carbonyl (C=O) groups is 1. The van der Waals surface area contributed by atoms with Gasteiger partial charge in [0.05, 0.1) is 17.1 Å². The summed E-state index contributed by atoms with van der Waals surface area (Å²) >= 11 is 0. The van der Waals surface area contributed by atoms with E-state index in [1.54, 1.807) is 7.05 Å². The molecule has 0 aliphatic heterocycles. The van der Waals surface area contributed by atoms with E-state index in [4.69, 9.17) is 0 Å². The molecule has 6 nitrogen and oxygen atoms in total. The summed E-state index contributed by atoms with van der Waals surface area (Å²) in [4.78, 5) is 16.4. The Bertz CT molecular complexity index is 1000. The molecule has 2 aromatic heterocycles. The normalized spacial score (nSPS) is 10.9. The molecule has 7 heteroatoms. The lowest BCUT2D eigenvalue weighted by atomic mass is 10.0. The molecule has 3 aromatic rings. The molecule has 0 saturated heterocycles. The van der Waals surface area contributed by atoms with Gasteiger partial charge in [0.2, 0.25) is 0 Å². The van der Waals surface area contributed by atoms with Gasteiger partial charge in [0.1, 0.15) is 5.82 Å². The average Bonchev–Trinajstić information content (AvgIpc) is 2.89. The average molecular weight is 369 g/mol. The van der Waals surface area contributed by atoms with Crippen molar-refractivity contribution in [3.8, 4) is 0 Å². The van der Waals surface area contributed by atoms with E-state index in [9.17, 15) is 9.18 Å². The summed E-state index contributed by atoms with van der Waals surface area (Å²) in [6, 6.07) is 4.63. The predicted molar refractivity (Wildman–Crippen MR) is 106 cm³/mol. The monoisotopic (exact) mass is 369 g/mol. The van der Waals surface area contributed by atoms with Crippen LogP contribution in [-0.2, 0) is 6.54 Å². The van der Waals surface area contributed by atoms with Crippen LogP contribution in [0.25, 0.3) is 5.65 Å². The van der Waals surface area contributed by atoms with Crippen LogP contribution in [-0.4, -0.2) is 22.5 Å². The van der Waals surface area contributed by atoms with Crippen LogP contribution >= 0.6 is 0 Å². The van der Waals surface area contributed by atoms with Gasteiger partial charge < -0.3 is 20.4 Å². The van der Waals surface area contributed by atoms with E-state index in [0.717, 1.165) is 39.4 Å². The molecule has 1 aromatic carbocycles. The van der Waals surface area contributed by atoms with Gasteiger partial charge in [0.25, 0.3) is 0 Å². The fourth-order valence-electron chi connectivity index (χ4n) is 3.17. The van der Waals surface area contributed by atoms with E-state index in [1.165, 1.54) is 12.1 Å². The molecule has 142 valence electrons. The number of halogens is 1. The van der Waals surface area contributed by atoms with Gasteiger partial charge in [0.15, 0.2) is 5.65 Å². The number of aryl methyl sites for hydroxylation is 4. The zero-order chi connectivity index (χ0) is 19.7. The van der Waals surface area contributed by atoms with Gasteiger partial charge in [-0.1, -0.05) is 0 Å². The Morgan fingerprint density at radius 3 is 2.44 bits per heavy atom. The Morgan fingerprint density at radius 1 is 1.15 bits per heavy atom. The quantitative estimate of drug-likeness (QED) is 0.649. The number of amides is 2. The van der Waals surface area contributed by atoms with Gasteiger partial charge in [-0.2, -0.15) is 0 Å². The number of urea groups is 1. The number of pyridine rings is 1. The number of carbonyl (C=O) groups excluding carboxylic acids is 1. The largest absolute Gasteiger partial charge is 0.378 e. The van der Waals surface area contributed by atoms with Crippen molar-refractivity contribution < 1.29 is 9.18 Å². The Balaban J connectivity index is 2.00. The Labute approximate surface area is 157 Å². The third-order valence-electron chi connectivity index (χ3n) is 4.80. The number of benzene rings is 1. The van der Waals surface area contributed by atoms with Crippen LogP contribution in [0.4, 0.5) is 20.6 Å². The van der Waals surface area contributed by atoms with E-state index in [0.29, 0.717) is 12.2 Å². The van der Waals surface area contributed by atoms with Crippen molar-refractivity contribution in [2.24, 2.45) is 0 Å². The second kappa shape index (κ2) is 7.26. The summed E-state index contributed by atoms with van der Waals surface area (Å²) < 4.78 is 15.5. The highest BCUT2D eigenvalue weighted by Gasteiger charge is 2.13. The molecule has 0 atom stereocenters. The molecule has 27 heavy (non-hydrogen) atoms. The molecule has 0 aliphatic carbocycles. The number of nitrogens with one attached hydrogen (secondary N) is 3. The Kier molecular flexibility index (Phi) is 5.03. The standard InChI is InChI=1S/C20H24FN5O/c1-11-6-15(21)7-12(2)17(11)9-23-18-8-16(25-20(27)22-5)10-26-14(4)13(3)24-19(18)26/h6-8,10,23H,9H2,1-5H3,(H2,22,25,27). The van der Waals surface area contributed by atoms with E-state index in [2.05, 4.69) is 20.9 Å². The zero-order valence-corrected chi connectivity index (χ0v) is 16.2. The highest BCUT2D eigenvalue weighted by atomic mass is 19.1. The third-order valence-corrected chi connectivity index (χ3v) is 4.80. The van der Waals surface area contributed by atoms with E-state index in [-0.39, 0.29) is 11.8 Å². The second-order valence-electron chi connectivity index (χ2n) is 6.69. The van der Waals surface area contributed by atoms with Gasteiger partial charge >= 0.3 is 6.03 Å². The van der Waals surface area contributed by atoms with Crippen molar-refractivity contribution in [2.75, 3.05) is 17.7 Å². The molecule has 3 N–H and O–H groups in total. The number of hydrogen-bond acceptors (Lipinski definition) is 3. The zero-order valence-electron chi connectivity index (χ0n) is 16.2. The summed E-state index contributed by atoms with van der Waals surface area (Å²) in [7, 11) is 1.57. The van der Waals surface area contributed by atoms with E-state index in [1.807, 2.05) is 44.4 Å². The van der Waals surface area contributed by atoms with Crippen molar-refractivity contribution in [1.29, 1.82) is 0 Å². The maximum absolute atomic E-state index is 13.6. The van der Waals surface area contributed by atoms with E-state index < -0.39 is 0 Å². The minimum Gasteiger partial charge on any atom is -0.378 e. The summed E-state index contributed by atoms with van der Waals surface area (Å²) in [6.07, 6.45) is 1.85. The highest BCUT2D eigenvalue weighted by Crippen LogP contribution is 2.26. The molecule has 3 rings (SSSR count). The van der Waals surface area contributed by atoms with Crippen LogP contribution in [0.2, 0.25) is 0 Å². The molecule has 2 amide bonds. The number of hydrogen-bond donors (Lipinski definition) is 3. The second-order valence-corrected chi connectivity index (χ2v) is 6.69. The fourth-order valence-corrected chi connectivity index (χ4v) is 3.17. The van der Waals surface area contributed by atoms with Gasteiger partial charge in [-0.15, -0.1) is 0 Å².